The summed E-state index contributed by atoms with van der Waals surface area (Å²) in [5.41, 5.74) is 2.89. The molecule has 0 radical (unpaired) electrons. The normalized spacial score (nSPS) is 32.9. The zero-order valence-corrected chi connectivity index (χ0v) is 8.11. The molecule has 0 aromatic heterocycles. The van der Waals surface area contributed by atoms with Gasteiger partial charge in [0.1, 0.15) is 0 Å². The van der Waals surface area contributed by atoms with Gasteiger partial charge in [-0.15, -0.1) is 0 Å². The Labute approximate surface area is 73.8 Å². The zero-order valence-electron chi connectivity index (χ0n) is 8.11. The first-order valence-electron chi connectivity index (χ1n) is 4.75. The van der Waals surface area contributed by atoms with Crippen LogP contribution in [-0.4, -0.2) is 5.78 Å². The summed E-state index contributed by atoms with van der Waals surface area (Å²) < 4.78 is 0. The number of fused-ring (bicyclic) bond motifs is 1. The zero-order chi connectivity index (χ0) is 8.93. The first-order valence-corrected chi connectivity index (χ1v) is 4.75. The van der Waals surface area contributed by atoms with Gasteiger partial charge < -0.3 is 0 Å². The van der Waals surface area contributed by atoms with Crippen LogP contribution in [0.4, 0.5) is 0 Å². The van der Waals surface area contributed by atoms with Crippen LogP contribution in [0.2, 0.25) is 0 Å². The predicted molar refractivity (Wildman–Crippen MR) is 48.8 cm³/mol. The highest BCUT2D eigenvalue weighted by atomic mass is 16.1. The first kappa shape index (κ1) is 8.03. The predicted octanol–water partition coefficient (Wildman–Crippen LogP) is 2.71. The molecular weight excluding hydrogens is 148 g/mol. The van der Waals surface area contributed by atoms with E-state index < -0.39 is 0 Å². The smallest absolute Gasteiger partial charge is 0.159 e. The van der Waals surface area contributed by atoms with E-state index in [1.165, 1.54) is 11.1 Å². The summed E-state index contributed by atoms with van der Waals surface area (Å²) in [6.45, 7) is 6.69. The second kappa shape index (κ2) is 2.21. The number of ketones is 1. The van der Waals surface area contributed by atoms with Crippen molar-refractivity contribution in [2.24, 2.45) is 11.3 Å². The molecule has 0 bridgehead atoms. The molecule has 2 rings (SSSR count). The van der Waals surface area contributed by atoms with Gasteiger partial charge in [-0.2, -0.15) is 0 Å². The van der Waals surface area contributed by atoms with E-state index in [0.29, 0.717) is 17.1 Å². The third-order valence-corrected chi connectivity index (χ3v) is 3.43. The number of Topliss-reactive ketones (excluding diaryl/α,β-unsaturated/α-hetero) is 1. The first-order chi connectivity index (χ1) is 5.52. The van der Waals surface area contributed by atoms with Crippen LogP contribution in [0.3, 0.4) is 0 Å². The van der Waals surface area contributed by atoms with Gasteiger partial charge in [-0.05, 0) is 36.7 Å². The Bertz CT molecular complexity index is 271. The van der Waals surface area contributed by atoms with Gasteiger partial charge in [-0.3, -0.25) is 4.79 Å². The Morgan fingerprint density at radius 1 is 1.42 bits per heavy atom. The maximum absolute atomic E-state index is 11.5. The molecule has 1 fully saturated rings. The van der Waals surface area contributed by atoms with Crippen LogP contribution in [-0.2, 0) is 4.79 Å². The van der Waals surface area contributed by atoms with Crippen LogP contribution in [0.15, 0.2) is 11.1 Å². The van der Waals surface area contributed by atoms with Crippen molar-refractivity contribution in [3.8, 4) is 0 Å². The van der Waals surface area contributed by atoms with Crippen LogP contribution < -0.4 is 0 Å². The summed E-state index contributed by atoms with van der Waals surface area (Å²) >= 11 is 0. The molecule has 0 spiro atoms. The third kappa shape index (κ3) is 0.886. The van der Waals surface area contributed by atoms with Gasteiger partial charge in [0, 0.05) is 6.42 Å². The van der Waals surface area contributed by atoms with Crippen molar-refractivity contribution in [1.82, 2.24) is 0 Å². The fraction of sp³-hybridized carbons (Fsp3) is 0.727. The molecule has 0 aliphatic heterocycles. The monoisotopic (exact) mass is 164 g/mol. The van der Waals surface area contributed by atoms with E-state index in [9.17, 15) is 4.79 Å². The molecule has 12 heavy (non-hydrogen) atoms. The van der Waals surface area contributed by atoms with Crippen LogP contribution in [0.1, 0.15) is 40.0 Å². The molecule has 0 unspecified atom stereocenters. The minimum atomic E-state index is 0.353. The lowest BCUT2D eigenvalue weighted by atomic mass is 9.79. The number of allylic oxidation sites excluding steroid dienone is 2. The molecule has 2 aliphatic rings. The molecule has 0 heterocycles. The minimum Gasteiger partial charge on any atom is -0.295 e. The summed E-state index contributed by atoms with van der Waals surface area (Å²) in [4.78, 5) is 11.5. The van der Waals surface area contributed by atoms with Gasteiger partial charge in [0.15, 0.2) is 5.78 Å². The molecule has 66 valence electrons. The lowest BCUT2D eigenvalue weighted by Gasteiger charge is -2.25. The third-order valence-electron chi connectivity index (χ3n) is 3.43. The van der Waals surface area contributed by atoms with Crippen molar-refractivity contribution in [2.45, 2.75) is 40.0 Å². The van der Waals surface area contributed by atoms with Crippen LogP contribution in [0, 0.1) is 11.3 Å². The number of carbonyl (C=O) groups excluding carboxylic acids is 1. The lowest BCUT2D eigenvalue weighted by Crippen LogP contribution is -2.17. The summed E-state index contributed by atoms with van der Waals surface area (Å²) in [6, 6.07) is 0. The number of rotatable bonds is 0. The number of carbonyl (C=O) groups is 1. The second-order valence-electron chi connectivity index (χ2n) is 4.87. The fourth-order valence-corrected chi connectivity index (χ4v) is 2.97. The van der Waals surface area contributed by atoms with Crippen molar-refractivity contribution >= 4 is 5.78 Å². The fourth-order valence-electron chi connectivity index (χ4n) is 2.97. The van der Waals surface area contributed by atoms with Gasteiger partial charge in [0.25, 0.3) is 0 Å². The van der Waals surface area contributed by atoms with Crippen molar-refractivity contribution in [3.05, 3.63) is 11.1 Å². The quantitative estimate of drug-likeness (QED) is 0.538. The highest BCUT2D eigenvalue weighted by Crippen LogP contribution is 2.52. The molecule has 0 aromatic carbocycles. The molecule has 1 atom stereocenters. The Kier molecular flexibility index (Phi) is 1.48. The van der Waals surface area contributed by atoms with Gasteiger partial charge in [0.05, 0.1) is 0 Å². The summed E-state index contributed by atoms with van der Waals surface area (Å²) in [5, 5.41) is 0. The molecular formula is C11H16O. The highest BCUT2D eigenvalue weighted by Gasteiger charge is 2.45. The Hall–Kier alpha value is -0.590. The average Bonchev–Trinajstić information content (AvgIpc) is 2.38. The Morgan fingerprint density at radius 3 is 2.67 bits per heavy atom. The molecule has 0 N–H and O–H groups in total. The molecule has 0 amide bonds. The lowest BCUT2D eigenvalue weighted by molar-refractivity contribution is -0.114. The van der Waals surface area contributed by atoms with Gasteiger partial charge in [-0.25, -0.2) is 0 Å². The maximum Gasteiger partial charge on any atom is 0.159 e. The Morgan fingerprint density at radius 2 is 2.08 bits per heavy atom. The van der Waals surface area contributed by atoms with Crippen LogP contribution in [0.25, 0.3) is 0 Å². The van der Waals surface area contributed by atoms with Crippen molar-refractivity contribution in [2.75, 3.05) is 0 Å². The van der Waals surface area contributed by atoms with Crippen molar-refractivity contribution in [3.63, 3.8) is 0 Å². The molecule has 0 aromatic rings. The number of hydrogen-bond acceptors (Lipinski definition) is 1. The largest absolute Gasteiger partial charge is 0.295 e. The van der Waals surface area contributed by atoms with Crippen molar-refractivity contribution in [1.29, 1.82) is 0 Å². The minimum absolute atomic E-state index is 0.353. The molecule has 0 saturated heterocycles. The van der Waals surface area contributed by atoms with Gasteiger partial charge in [-0.1, -0.05) is 19.4 Å². The van der Waals surface area contributed by atoms with E-state index in [1.54, 1.807) is 0 Å². The summed E-state index contributed by atoms with van der Waals surface area (Å²) in [7, 11) is 0. The Balaban J connectivity index is 2.42. The number of hydrogen-bond donors (Lipinski definition) is 0. The molecule has 1 saturated carbocycles. The molecule has 1 nitrogen and oxygen atoms in total. The maximum atomic E-state index is 11.5. The van der Waals surface area contributed by atoms with E-state index in [-0.39, 0.29) is 0 Å². The molecule has 2 aliphatic carbocycles. The topological polar surface area (TPSA) is 17.1 Å². The second-order valence-corrected chi connectivity index (χ2v) is 4.87. The highest BCUT2D eigenvalue weighted by molar-refractivity contribution is 5.99. The average molecular weight is 164 g/mol. The van der Waals surface area contributed by atoms with Crippen molar-refractivity contribution < 1.29 is 4.79 Å². The van der Waals surface area contributed by atoms with E-state index in [1.807, 2.05) is 0 Å². The van der Waals surface area contributed by atoms with E-state index >= 15 is 0 Å². The summed E-state index contributed by atoms with van der Waals surface area (Å²) in [6.07, 6.45) is 3.01. The molecule has 1 heteroatoms. The van der Waals surface area contributed by atoms with Gasteiger partial charge in [0.2, 0.25) is 0 Å². The standard InChI is InChI=1S/C11H16O/c1-7-6-11(2,3)8-4-5-9(12)10(7)8/h8H,4-6H2,1-3H3/t8-/m1/s1. The van der Waals surface area contributed by atoms with E-state index in [0.717, 1.165) is 19.3 Å². The van der Waals surface area contributed by atoms with Crippen LogP contribution in [0.5, 0.6) is 0 Å². The van der Waals surface area contributed by atoms with Gasteiger partial charge >= 0.3 is 0 Å². The van der Waals surface area contributed by atoms with Crippen LogP contribution >= 0.6 is 0 Å². The van der Waals surface area contributed by atoms with E-state index in [2.05, 4.69) is 20.8 Å². The van der Waals surface area contributed by atoms with E-state index in [4.69, 9.17) is 0 Å². The summed E-state index contributed by atoms with van der Waals surface area (Å²) in [5.74, 6) is 0.994. The SMILES string of the molecule is CC1=C2C(=O)CC[C@H]2C(C)(C)C1.